The van der Waals surface area contributed by atoms with Crippen LogP contribution in [0.2, 0.25) is 0 Å². The molecule has 10 nitrogen and oxygen atoms in total. The zero-order valence-electron chi connectivity index (χ0n) is 15.6. The van der Waals surface area contributed by atoms with Crippen molar-refractivity contribution >= 4 is 34.4 Å². The van der Waals surface area contributed by atoms with Crippen LogP contribution in [0.1, 0.15) is 19.3 Å². The highest BCUT2D eigenvalue weighted by Crippen LogP contribution is 2.20. The van der Waals surface area contributed by atoms with Crippen LogP contribution < -0.4 is 15.4 Å². The minimum atomic E-state index is 0.220. The summed E-state index contributed by atoms with van der Waals surface area (Å²) in [6, 6.07) is 6.03. The number of likely N-dealkylation sites (tertiary alicyclic amines) is 1. The van der Waals surface area contributed by atoms with Gasteiger partial charge in [0.1, 0.15) is 0 Å². The second kappa shape index (κ2) is 8.07. The van der Waals surface area contributed by atoms with E-state index in [2.05, 4.69) is 35.8 Å². The highest BCUT2D eigenvalue weighted by molar-refractivity contribution is 5.82. The van der Waals surface area contributed by atoms with Crippen molar-refractivity contribution < 1.29 is 9.53 Å². The first kappa shape index (κ1) is 18.0. The van der Waals surface area contributed by atoms with Crippen LogP contribution in [-0.4, -0.2) is 62.7 Å². The predicted molar refractivity (Wildman–Crippen MR) is 105 cm³/mol. The number of anilines is 3. The van der Waals surface area contributed by atoms with Crippen molar-refractivity contribution in [2.24, 2.45) is 0 Å². The molecule has 1 amide bonds. The summed E-state index contributed by atoms with van der Waals surface area (Å²) in [6.45, 7) is 2.24. The van der Waals surface area contributed by atoms with E-state index in [0.29, 0.717) is 24.9 Å². The van der Waals surface area contributed by atoms with Crippen LogP contribution in [0.3, 0.4) is 0 Å². The van der Waals surface area contributed by atoms with Crippen LogP contribution >= 0.6 is 0 Å². The van der Waals surface area contributed by atoms with E-state index in [9.17, 15) is 4.79 Å². The second-order valence-electron chi connectivity index (χ2n) is 6.53. The number of aromatic amines is 1. The van der Waals surface area contributed by atoms with Gasteiger partial charge >= 0.3 is 6.01 Å². The third-order valence-corrected chi connectivity index (χ3v) is 4.55. The number of ether oxygens (including phenoxy) is 1. The van der Waals surface area contributed by atoms with Crippen molar-refractivity contribution in [3.63, 3.8) is 0 Å². The van der Waals surface area contributed by atoms with Gasteiger partial charge in [-0.15, -0.1) is 0 Å². The first-order valence-electron chi connectivity index (χ1n) is 9.23. The fourth-order valence-electron chi connectivity index (χ4n) is 3.14. The van der Waals surface area contributed by atoms with E-state index in [0.717, 1.165) is 42.5 Å². The van der Waals surface area contributed by atoms with Crippen LogP contribution in [-0.2, 0) is 4.79 Å². The average Bonchev–Trinajstić information content (AvgIpc) is 3.33. The number of hydrogen-bond donors (Lipinski definition) is 3. The Balaban J connectivity index is 1.39. The summed E-state index contributed by atoms with van der Waals surface area (Å²) in [6.07, 6.45) is 4.20. The van der Waals surface area contributed by atoms with Gasteiger partial charge in [0.2, 0.25) is 17.8 Å². The lowest BCUT2D eigenvalue weighted by Crippen LogP contribution is -2.27. The van der Waals surface area contributed by atoms with Crippen molar-refractivity contribution in [2.45, 2.75) is 19.3 Å². The molecule has 1 aliphatic heterocycles. The molecular formula is C18H22N8O2. The lowest BCUT2D eigenvalue weighted by atomic mass is 10.2. The molecule has 1 saturated heterocycles. The number of benzene rings is 1. The maximum atomic E-state index is 11.6. The normalized spacial score (nSPS) is 13.9. The van der Waals surface area contributed by atoms with E-state index in [1.165, 1.54) is 7.11 Å². The lowest BCUT2D eigenvalue weighted by molar-refractivity contribution is -0.127. The van der Waals surface area contributed by atoms with E-state index in [1.54, 1.807) is 6.20 Å². The number of nitrogens with zero attached hydrogens (tertiary/aromatic N) is 5. The van der Waals surface area contributed by atoms with Crippen molar-refractivity contribution in [1.29, 1.82) is 0 Å². The van der Waals surface area contributed by atoms with Crippen LogP contribution in [0, 0.1) is 0 Å². The van der Waals surface area contributed by atoms with Gasteiger partial charge in [0.05, 0.1) is 18.8 Å². The number of methoxy groups -OCH3 is 1. The van der Waals surface area contributed by atoms with Gasteiger partial charge in [-0.05, 0) is 31.0 Å². The molecule has 1 aromatic carbocycles. The van der Waals surface area contributed by atoms with Gasteiger partial charge < -0.3 is 20.3 Å². The molecule has 1 aliphatic rings. The molecule has 4 rings (SSSR count). The van der Waals surface area contributed by atoms with Crippen LogP contribution in [0.15, 0.2) is 24.4 Å². The van der Waals surface area contributed by atoms with Crippen molar-refractivity contribution in [2.75, 3.05) is 37.4 Å². The Morgan fingerprint density at radius 3 is 2.96 bits per heavy atom. The summed E-state index contributed by atoms with van der Waals surface area (Å²) >= 11 is 0. The Hall–Kier alpha value is -3.43. The number of carbonyl (C=O) groups excluding carboxylic acids is 1. The maximum Gasteiger partial charge on any atom is 0.322 e. The third kappa shape index (κ3) is 4.11. The Morgan fingerprint density at radius 2 is 2.14 bits per heavy atom. The molecule has 0 unspecified atom stereocenters. The Morgan fingerprint density at radius 1 is 1.25 bits per heavy atom. The minimum absolute atomic E-state index is 0.220. The molecule has 28 heavy (non-hydrogen) atoms. The van der Waals surface area contributed by atoms with Gasteiger partial charge in [-0.1, -0.05) is 0 Å². The first-order chi connectivity index (χ1) is 13.7. The number of H-pyrrole nitrogens is 1. The molecule has 0 atom stereocenters. The Labute approximate surface area is 161 Å². The smallest absolute Gasteiger partial charge is 0.322 e. The highest BCUT2D eigenvalue weighted by atomic mass is 16.5. The summed E-state index contributed by atoms with van der Waals surface area (Å²) in [5.41, 5.74) is 1.74. The lowest BCUT2D eigenvalue weighted by Gasteiger charge is -2.15. The predicted octanol–water partition coefficient (Wildman–Crippen LogP) is 1.92. The Bertz CT molecular complexity index is 973. The van der Waals surface area contributed by atoms with Gasteiger partial charge in [-0.2, -0.15) is 20.1 Å². The molecule has 3 aromatic rings. The van der Waals surface area contributed by atoms with E-state index in [4.69, 9.17) is 4.74 Å². The van der Waals surface area contributed by atoms with Crippen molar-refractivity contribution in [1.82, 2.24) is 30.0 Å². The van der Waals surface area contributed by atoms with Gasteiger partial charge in [0, 0.05) is 37.1 Å². The van der Waals surface area contributed by atoms with Crippen molar-refractivity contribution in [3.8, 4) is 6.01 Å². The van der Waals surface area contributed by atoms with Gasteiger partial charge in [0.25, 0.3) is 0 Å². The monoisotopic (exact) mass is 382 g/mol. The van der Waals surface area contributed by atoms with Crippen LogP contribution in [0.25, 0.3) is 10.9 Å². The molecule has 0 radical (unpaired) electrons. The molecule has 1 fully saturated rings. The molecule has 3 N–H and O–H groups in total. The number of fused-ring (bicyclic) bond motifs is 1. The van der Waals surface area contributed by atoms with E-state index in [-0.39, 0.29) is 11.9 Å². The van der Waals surface area contributed by atoms with Gasteiger partial charge in [0.15, 0.2) is 0 Å². The van der Waals surface area contributed by atoms with Gasteiger partial charge in [-0.25, -0.2) is 0 Å². The topological polar surface area (TPSA) is 121 Å². The third-order valence-electron chi connectivity index (χ3n) is 4.55. The molecule has 146 valence electrons. The first-order valence-corrected chi connectivity index (χ1v) is 9.23. The van der Waals surface area contributed by atoms with E-state index >= 15 is 0 Å². The second-order valence-corrected chi connectivity index (χ2v) is 6.53. The number of hydrogen-bond acceptors (Lipinski definition) is 8. The molecule has 0 bridgehead atoms. The van der Waals surface area contributed by atoms with Crippen LogP contribution in [0.4, 0.5) is 17.6 Å². The zero-order chi connectivity index (χ0) is 19.3. The molecule has 0 spiro atoms. The number of nitrogens with one attached hydrogen (secondary N) is 3. The molecule has 2 aromatic heterocycles. The summed E-state index contributed by atoms with van der Waals surface area (Å²) in [5, 5.41) is 14.3. The quantitative estimate of drug-likeness (QED) is 0.505. The maximum absolute atomic E-state index is 11.6. The average molecular weight is 382 g/mol. The summed E-state index contributed by atoms with van der Waals surface area (Å²) in [4.78, 5) is 26.4. The molecule has 3 heterocycles. The number of rotatable bonds is 8. The number of aromatic nitrogens is 5. The van der Waals surface area contributed by atoms with Crippen molar-refractivity contribution in [3.05, 3.63) is 24.4 Å². The standard InChI is InChI=1S/C18H22N8O2/c1-28-18-23-16(19-7-3-9-26-8-2-4-15(26)27)22-17(24-18)21-13-6-5-12-11-20-25-14(12)10-13/h5-6,10-11H,2-4,7-9H2,1H3,(H,20,25)(H2,19,21,22,23,24). The molecular weight excluding hydrogens is 360 g/mol. The highest BCUT2D eigenvalue weighted by Gasteiger charge is 2.19. The molecule has 10 heteroatoms. The molecule has 0 saturated carbocycles. The zero-order valence-corrected chi connectivity index (χ0v) is 15.6. The van der Waals surface area contributed by atoms with Gasteiger partial charge in [-0.3, -0.25) is 9.89 Å². The largest absolute Gasteiger partial charge is 0.467 e. The van der Waals surface area contributed by atoms with E-state index < -0.39 is 0 Å². The van der Waals surface area contributed by atoms with E-state index in [1.807, 2.05) is 23.1 Å². The fraction of sp³-hybridized carbons (Fsp3) is 0.389. The van der Waals surface area contributed by atoms with Crippen LogP contribution in [0.5, 0.6) is 6.01 Å². The Kier molecular flexibility index (Phi) is 5.18. The molecule has 0 aliphatic carbocycles. The summed E-state index contributed by atoms with van der Waals surface area (Å²) < 4.78 is 5.18. The number of amides is 1. The summed E-state index contributed by atoms with van der Waals surface area (Å²) in [5.74, 6) is 1.04. The fourth-order valence-corrected chi connectivity index (χ4v) is 3.14. The number of carbonyl (C=O) groups is 1. The summed E-state index contributed by atoms with van der Waals surface area (Å²) in [7, 11) is 1.51. The SMILES string of the molecule is COc1nc(NCCCN2CCCC2=O)nc(Nc2ccc3cn[nH]c3c2)n1. The minimum Gasteiger partial charge on any atom is -0.467 e.